The highest BCUT2D eigenvalue weighted by atomic mass is 35.5. The van der Waals surface area contributed by atoms with Gasteiger partial charge in [0.1, 0.15) is 17.2 Å². The predicted molar refractivity (Wildman–Crippen MR) is 98.3 cm³/mol. The first-order chi connectivity index (χ1) is 12.0. The Kier molecular flexibility index (Phi) is 4.94. The first kappa shape index (κ1) is 17.3. The van der Waals surface area contributed by atoms with Gasteiger partial charge in [-0.15, -0.1) is 0 Å². The van der Waals surface area contributed by atoms with Crippen LogP contribution in [0.1, 0.15) is 17.3 Å². The summed E-state index contributed by atoms with van der Waals surface area (Å²) in [5.41, 5.74) is 7.39. The van der Waals surface area contributed by atoms with E-state index in [1.54, 1.807) is 12.1 Å². The Labute approximate surface area is 151 Å². The molecule has 1 aromatic carbocycles. The van der Waals surface area contributed by atoms with Crippen molar-refractivity contribution in [3.63, 3.8) is 0 Å². The molecule has 2 N–H and O–H groups in total. The van der Waals surface area contributed by atoms with Crippen LogP contribution in [0.4, 0.5) is 17.3 Å². The number of nitrogens with zero attached hydrogens (tertiary/aromatic N) is 4. The molecular formula is C17H20ClN5O2. The van der Waals surface area contributed by atoms with Crippen molar-refractivity contribution < 1.29 is 9.53 Å². The fourth-order valence-electron chi connectivity index (χ4n) is 3.01. The van der Waals surface area contributed by atoms with Crippen LogP contribution < -0.4 is 15.5 Å². The Bertz CT molecular complexity index is 768. The quantitative estimate of drug-likeness (QED) is 0.839. The van der Waals surface area contributed by atoms with Crippen LogP contribution in [-0.2, 0) is 4.74 Å². The molecule has 1 atom stereocenters. The summed E-state index contributed by atoms with van der Waals surface area (Å²) in [5.74, 6) is 0.628. The number of rotatable bonds is 3. The van der Waals surface area contributed by atoms with E-state index in [4.69, 9.17) is 22.1 Å². The fourth-order valence-corrected chi connectivity index (χ4v) is 3.21. The number of halogens is 1. The number of ether oxygens (including phenoxy) is 1. The van der Waals surface area contributed by atoms with Gasteiger partial charge in [0.05, 0.1) is 12.7 Å². The van der Waals surface area contributed by atoms with Crippen LogP contribution in [0.3, 0.4) is 0 Å². The Morgan fingerprint density at radius 1 is 1.28 bits per heavy atom. The molecular weight excluding hydrogens is 342 g/mol. The van der Waals surface area contributed by atoms with Gasteiger partial charge >= 0.3 is 5.97 Å². The van der Waals surface area contributed by atoms with Crippen molar-refractivity contribution in [1.29, 1.82) is 0 Å². The Hall–Kier alpha value is -2.54. The molecule has 0 aliphatic carbocycles. The number of nitrogen functional groups attached to an aromatic ring is 1. The van der Waals surface area contributed by atoms with Crippen LogP contribution in [-0.4, -0.2) is 48.7 Å². The molecule has 0 radical (unpaired) electrons. The highest BCUT2D eigenvalue weighted by Gasteiger charge is 2.27. The summed E-state index contributed by atoms with van der Waals surface area (Å²) >= 11 is 6.26. The molecule has 0 spiro atoms. The average molecular weight is 362 g/mol. The minimum atomic E-state index is -0.333. The van der Waals surface area contributed by atoms with Crippen LogP contribution in [0.5, 0.6) is 0 Å². The van der Waals surface area contributed by atoms with Gasteiger partial charge in [0.2, 0.25) is 0 Å². The number of carbonyl (C=O) groups excluding carboxylic acids is 1. The van der Waals surface area contributed by atoms with E-state index in [-0.39, 0.29) is 12.0 Å². The normalized spacial score (nSPS) is 17.5. The average Bonchev–Trinajstić information content (AvgIpc) is 2.64. The van der Waals surface area contributed by atoms with Crippen molar-refractivity contribution in [2.24, 2.45) is 0 Å². The Morgan fingerprint density at radius 3 is 2.64 bits per heavy atom. The third-order valence-electron chi connectivity index (χ3n) is 4.35. The number of piperazine rings is 1. The van der Waals surface area contributed by atoms with Crippen molar-refractivity contribution in [2.75, 3.05) is 42.3 Å². The molecule has 7 nitrogen and oxygen atoms in total. The number of aromatic nitrogens is 2. The zero-order valence-corrected chi connectivity index (χ0v) is 14.9. The largest absolute Gasteiger partial charge is 0.465 e. The summed E-state index contributed by atoms with van der Waals surface area (Å²) in [5, 5.41) is 0.394. The number of hydrogen-bond donors (Lipinski definition) is 1. The molecule has 3 rings (SSSR count). The number of hydrogen-bond acceptors (Lipinski definition) is 7. The lowest BCUT2D eigenvalue weighted by Gasteiger charge is -2.41. The van der Waals surface area contributed by atoms with E-state index >= 15 is 0 Å². The zero-order chi connectivity index (χ0) is 18.0. The summed E-state index contributed by atoms with van der Waals surface area (Å²) in [7, 11) is 1.38. The fraction of sp³-hybridized carbons (Fsp3) is 0.353. The number of benzene rings is 1. The van der Waals surface area contributed by atoms with E-state index in [2.05, 4.69) is 26.7 Å². The van der Waals surface area contributed by atoms with Gasteiger partial charge in [0, 0.05) is 31.4 Å². The Balaban J connectivity index is 1.73. The highest BCUT2D eigenvalue weighted by Crippen LogP contribution is 2.30. The van der Waals surface area contributed by atoms with Crippen LogP contribution in [0, 0.1) is 0 Å². The lowest BCUT2D eigenvalue weighted by atomic mass is 10.1. The van der Waals surface area contributed by atoms with E-state index in [1.807, 2.05) is 12.1 Å². The molecule has 1 saturated heterocycles. The summed E-state index contributed by atoms with van der Waals surface area (Å²) in [6, 6.07) is 7.62. The SMILES string of the molecule is COC(=O)c1ccc(N2CCN(c3ncnc(N)c3Cl)C(C)C2)cc1. The maximum absolute atomic E-state index is 11.5. The zero-order valence-electron chi connectivity index (χ0n) is 14.1. The molecule has 2 heterocycles. The first-order valence-corrected chi connectivity index (χ1v) is 8.35. The maximum atomic E-state index is 11.5. The number of esters is 1. The molecule has 1 aromatic heterocycles. The van der Waals surface area contributed by atoms with Gasteiger partial charge in [0.25, 0.3) is 0 Å². The molecule has 0 bridgehead atoms. The van der Waals surface area contributed by atoms with Crippen molar-refractivity contribution in [2.45, 2.75) is 13.0 Å². The third kappa shape index (κ3) is 3.46. The Morgan fingerprint density at radius 2 is 2.00 bits per heavy atom. The lowest BCUT2D eigenvalue weighted by Crippen LogP contribution is -2.52. The van der Waals surface area contributed by atoms with Gasteiger partial charge in [-0.3, -0.25) is 0 Å². The third-order valence-corrected chi connectivity index (χ3v) is 4.71. The van der Waals surface area contributed by atoms with Gasteiger partial charge in [-0.1, -0.05) is 11.6 Å². The second kappa shape index (κ2) is 7.14. The summed E-state index contributed by atoms with van der Waals surface area (Å²) in [6.07, 6.45) is 1.43. The van der Waals surface area contributed by atoms with Crippen molar-refractivity contribution in [3.8, 4) is 0 Å². The van der Waals surface area contributed by atoms with E-state index < -0.39 is 0 Å². The van der Waals surface area contributed by atoms with Crippen LogP contribution >= 0.6 is 11.6 Å². The molecule has 1 aliphatic rings. The molecule has 2 aromatic rings. The predicted octanol–water partition coefficient (Wildman–Crippen LogP) is 2.21. The molecule has 1 aliphatic heterocycles. The van der Waals surface area contributed by atoms with E-state index in [9.17, 15) is 4.79 Å². The second-order valence-corrected chi connectivity index (χ2v) is 6.30. The molecule has 1 unspecified atom stereocenters. The number of carbonyl (C=O) groups is 1. The van der Waals surface area contributed by atoms with Crippen LogP contribution in [0.25, 0.3) is 0 Å². The van der Waals surface area contributed by atoms with Crippen molar-refractivity contribution >= 4 is 34.9 Å². The lowest BCUT2D eigenvalue weighted by molar-refractivity contribution is 0.0601. The minimum Gasteiger partial charge on any atom is -0.465 e. The molecule has 0 amide bonds. The monoisotopic (exact) mass is 361 g/mol. The van der Waals surface area contributed by atoms with Gasteiger partial charge < -0.3 is 20.3 Å². The highest BCUT2D eigenvalue weighted by molar-refractivity contribution is 6.35. The standard InChI is InChI=1S/C17H20ClN5O2/c1-11-9-22(13-5-3-12(4-6-13)17(24)25-2)7-8-23(11)16-14(18)15(19)20-10-21-16/h3-6,10-11H,7-9H2,1-2H3,(H2,19,20,21). The van der Waals surface area contributed by atoms with E-state index in [1.165, 1.54) is 13.4 Å². The van der Waals surface area contributed by atoms with Gasteiger partial charge in [-0.25, -0.2) is 14.8 Å². The molecule has 132 valence electrons. The number of anilines is 3. The summed E-state index contributed by atoms with van der Waals surface area (Å²) in [4.78, 5) is 24.1. The van der Waals surface area contributed by atoms with Crippen molar-refractivity contribution in [3.05, 3.63) is 41.2 Å². The van der Waals surface area contributed by atoms with Gasteiger partial charge in [0.15, 0.2) is 5.82 Å². The maximum Gasteiger partial charge on any atom is 0.337 e. The van der Waals surface area contributed by atoms with Gasteiger partial charge in [-0.05, 0) is 31.2 Å². The summed E-state index contributed by atoms with van der Waals surface area (Å²) < 4.78 is 4.73. The van der Waals surface area contributed by atoms with E-state index in [0.29, 0.717) is 22.2 Å². The van der Waals surface area contributed by atoms with E-state index in [0.717, 1.165) is 25.3 Å². The number of nitrogens with two attached hydrogens (primary N) is 1. The van der Waals surface area contributed by atoms with Gasteiger partial charge in [-0.2, -0.15) is 0 Å². The first-order valence-electron chi connectivity index (χ1n) is 7.97. The molecule has 25 heavy (non-hydrogen) atoms. The topological polar surface area (TPSA) is 84.6 Å². The van der Waals surface area contributed by atoms with Crippen LogP contribution in [0.15, 0.2) is 30.6 Å². The number of methoxy groups -OCH3 is 1. The molecule has 0 saturated carbocycles. The smallest absolute Gasteiger partial charge is 0.337 e. The van der Waals surface area contributed by atoms with Crippen LogP contribution in [0.2, 0.25) is 5.02 Å². The second-order valence-electron chi connectivity index (χ2n) is 5.92. The van der Waals surface area contributed by atoms with Crippen molar-refractivity contribution in [1.82, 2.24) is 9.97 Å². The molecule has 8 heteroatoms. The summed E-state index contributed by atoms with van der Waals surface area (Å²) in [6.45, 7) is 4.49. The minimum absolute atomic E-state index is 0.195. The molecule has 1 fully saturated rings.